The van der Waals surface area contributed by atoms with Crippen LogP contribution >= 0.6 is 0 Å². The van der Waals surface area contributed by atoms with Gasteiger partial charge in [0, 0.05) is 11.1 Å². The Bertz CT molecular complexity index is 132. The predicted molar refractivity (Wildman–Crippen MR) is 36.6 cm³/mol. The Kier molecular flexibility index (Phi) is 1.49. The van der Waals surface area contributed by atoms with E-state index in [9.17, 15) is 0 Å². The molecule has 0 spiro atoms. The van der Waals surface area contributed by atoms with Gasteiger partial charge < -0.3 is 0 Å². The SMILES string of the molecule is CC(C)(C)C1=CCON1. The maximum absolute atomic E-state index is 4.94. The number of nitrogens with one attached hydrogen (secondary N) is 1. The van der Waals surface area contributed by atoms with Gasteiger partial charge in [0.2, 0.25) is 0 Å². The second kappa shape index (κ2) is 2.03. The number of hydroxylamine groups is 1. The average Bonchev–Trinajstić information content (AvgIpc) is 2.08. The van der Waals surface area contributed by atoms with Crippen molar-refractivity contribution in [2.24, 2.45) is 5.41 Å². The molecule has 1 N–H and O–H groups in total. The van der Waals surface area contributed by atoms with Crippen molar-refractivity contribution in [3.05, 3.63) is 11.8 Å². The third-order valence-corrected chi connectivity index (χ3v) is 1.36. The Labute approximate surface area is 55.9 Å². The summed E-state index contributed by atoms with van der Waals surface area (Å²) in [6, 6.07) is 0. The molecule has 0 aliphatic carbocycles. The lowest BCUT2D eigenvalue weighted by atomic mass is 9.92. The summed E-state index contributed by atoms with van der Waals surface area (Å²) >= 11 is 0. The summed E-state index contributed by atoms with van der Waals surface area (Å²) in [4.78, 5) is 4.94. The van der Waals surface area contributed by atoms with Crippen molar-refractivity contribution in [1.82, 2.24) is 5.48 Å². The fourth-order valence-electron chi connectivity index (χ4n) is 0.745. The molecule has 0 aromatic rings. The molecule has 9 heavy (non-hydrogen) atoms. The highest BCUT2D eigenvalue weighted by atomic mass is 16.6. The number of allylic oxidation sites excluding steroid dienone is 1. The fourth-order valence-corrected chi connectivity index (χ4v) is 0.745. The van der Waals surface area contributed by atoms with E-state index in [0.29, 0.717) is 6.61 Å². The second-order valence-electron chi connectivity index (χ2n) is 3.28. The highest BCUT2D eigenvalue weighted by Crippen LogP contribution is 2.24. The van der Waals surface area contributed by atoms with Gasteiger partial charge in [-0.05, 0) is 6.08 Å². The van der Waals surface area contributed by atoms with Crippen LogP contribution in [-0.4, -0.2) is 6.61 Å². The van der Waals surface area contributed by atoms with Gasteiger partial charge >= 0.3 is 0 Å². The Hall–Kier alpha value is -0.500. The Morgan fingerprint density at radius 2 is 2.22 bits per heavy atom. The highest BCUT2D eigenvalue weighted by molar-refractivity contribution is 5.09. The summed E-state index contributed by atoms with van der Waals surface area (Å²) in [6.45, 7) is 7.16. The zero-order valence-corrected chi connectivity index (χ0v) is 6.19. The van der Waals surface area contributed by atoms with E-state index in [0.717, 1.165) is 0 Å². The largest absolute Gasteiger partial charge is 0.272 e. The molecule has 1 aliphatic rings. The van der Waals surface area contributed by atoms with Gasteiger partial charge in [0.15, 0.2) is 0 Å². The molecule has 0 bridgehead atoms. The van der Waals surface area contributed by atoms with E-state index in [-0.39, 0.29) is 5.41 Å². The molecule has 0 fully saturated rings. The van der Waals surface area contributed by atoms with Crippen molar-refractivity contribution in [3.8, 4) is 0 Å². The molecule has 0 atom stereocenters. The summed E-state index contributed by atoms with van der Waals surface area (Å²) in [6.07, 6.45) is 2.07. The zero-order chi connectivity index (χ0) is 6.91. The maximum Gasteiger partial charge on any atom is 0.0948 e. The maximum atomic E-state index is 4.94. The van der Waals surface area contributed by atoms with Crippen LogP contribution in [-0.2, 0) is 4.84 Å². The van der Waals surface area contributed by atoms with Crippen LogP contribution in [0.15, 0.2) is 11.8 Å². The molecule has 0 saturated heterocycles. The van der Waals surface area contributed by atoms with E-state index < -0.39 is 0 Å². The molecule has 0 radical (unpaired) electrons. The van der Waals surface area contributed by atoms with Crippen LogP contribution in [0.1, 0.15) is 20.8 Å². The van der Waals surface area contributed by atoms with Gasteiger partial charge in [-0.15, -0.1) is 0 Å². The molecule has 0 aromatic carbocycles. The number of hydrogen-bond acceptors (Lipinski definition) is 2. The standard InChI is InChI=1S/C7H13NO/c1-7(2,3)6-4-5-9-8-6/h4,8H,5H2,1-3H3. The van der Waals surface area contributed by atoms with Crippen LogP contribution in [0, 0.1) is 5.41 Å². The summed E-state index contributed by atoms with van der Waals surface area (Å²) in [5.41, 5.74) is 4.25. The van der Waals surface area contributed by atoms with Gasteiger partial charge in [-0.3, -0.25) is 10.3 Å². The molecule has 1 aliphatic heterocycles. The molecule has 0 amide bonds. The quantitative estimate of drug-likeness (QED) is 0.531. The number of rotatable bonds is 0. The van der Waals surface area contributed by atoms with Gasteiger partial charge in [0.05, 0.1) is 6.61 Å². The van der Waals surface area contributed by atoms with Crippen molar-refractivity contribution in [2.45, 2.75) is 20.8 Å². The van der Waals surface area contributed by atoms with Gasteiger partial charge in [0.1, 0.15) is 0 Å². The Balaban J connectivity index is 2.61. The Morgan fingerprint density at radius 1 is 1.56 bits per heavy atom. The van der Waals surface area contributed by atoms with E-state index in [4.69, 9.17) is 4.84 Å². The normalized spacial score (nSPS) is 19.2. The minimum absolute atomic E-state index is 0.205. The van der Waals surface area contributed by atoms with Crippen LogP contribution in [0.25, 0.3) is 0 Å². The lowest BCUT2D eigenvalue weighted by molar-refractivity contribution is 0.0971. The lowest BCUT2D eigenvalue weighted by Crippen LogP contribution is -2.19. The predicted octanol–water partition coefficient (Wildman–Crippen LogP) is 1.45. The lowest BCUT2D eigenvalue weighted by Gasteiger charge is -2.19. The van der Waals surface area contributed by atoms with Crippen LogP contribution in [0.4, 0.5) is 0 Å². The monoisotopic (exact) mass is 127 g/mol. The van der Waals surface area contributed by atoms with E-state index in [1.54, 1.807) is 0 Å². The van der Waals surface area contributed by atoms with Gasteiger partial charge in [-0.25, -0.2) is 0 Å². The first-order valence-electron chi connectivity index (χ1n) is 3.19. The first-order chi connectivity index (χ1) is 4.11. The molecule has 0 aromatic heterocycles. The van der Waals surface area contributed by atoms with Gasteiger partial charge in [-0.2, -0.15) is 0 Å². The van der Waals surface area contributed by atoms with E-state index >= 15 is 0 Å². The molecule has 52 valence electrons. The van der Waals surface area contributed by atoms with Gasteiger partial charge in [0.25, 0.3) is 0 Å². The molecular formula is C7H13NO. The summed E-state index contributed by atoms with van der Waals surface area (Å²) < 4.78 is 0. The zero-order valence-electron chi connectivity index (χ0n) is 6.19. The van der Waals surface area contributed by atoms with E-state index in [2.05, 4.69) is 32.3 Å². The first kappa shape index (κ1) is 6.62. The van der Waals surface area contributed by atoms with Crippen LogP contribution in [0.5, 0.6) is 0 Å². The number of hydrogen-bond donors (Lipinski definition) is 1. The Morgan fingerprint density at radius 3 is 2.44 bits per heavy atom. The van der Waals surface area contributed by atoms with E-state index in [1.807, 2.05) is 0 Å². The smallest absolute Gasteiger partial charge is 0.0948 e. The topological polar surface area (TPSA) is 21.3 Å². The van der Waals surface area contributed by atoms with Gasteiger partial charge in [-0.1, -0.05) is 20.8 Å². The van der Waals surface area contributed by atoms with Crippen molar-refractivity contribution < 1.29 is 4.84 Å². The first-order valence-corrected chi connectivity index (χ1v) is 3.19. The summed E-state index contributed by atoms with van der Waals surface area (Å²) in [7, 11) is 0. The summed E-state index contributed by atoms with van der Waals surface area (Å²) in [5.74, 6) is 0. The molecular weight excluding hydrogens is 114 g/mol. The van der Waals surface area contributed by atoms with Crippen LogP contribution < -0.4 is 5.48 Å². The molecule has 2 nitrogen and oxygen atoms in total. The molecule has 0 saturated carbocycles. The third-order valence-electron chi connectivity index (χ3n) is 1.36. The fraction of sp³-hybridized carbons (Fsp3) is 0.714. The molecule has 0 unspecified atom stereocenters. The third kappa shape index (κ3) is 1.45. The summed E-state index contributed by atoms with van der Waals surface area (Å²) in [5, 5.41) is 0. The van der Waals surface area contributed by atoms with E-state index in [1.165, 1.54) is 5.70 Å². The molecule has 1 rings (SSSR count). The highest BCUT2D eigenvalue weighted by Gasteiger charge is 2.19. The average molecular weight is 127 g/mol. The van der Waals surface area contributed by atoms with Crippen LogP contribution in [0.2, 0.25) is 0 Å². The second-order valence-corrected chi connectivity index (χ2v) is 3.28. The van der Waals surface area contributed by atoms with Crippen molar-refractivity contribution in [3.63, 3.8) is 0 Å². The molecule has 1 heterocycles. The van der Waals surface area contributed by atoms with Crippen LogP contribution in [0.3, 0.4) is 0 Å². The van der Waals surface area contributed by atoms with Crippen molar-refractivity contribution in [2.75, 3.05) is 6.61 Å². The van der Waals surface area contributed by atoms with Crippen molar-refractivity contribution >= 4 is 0 Å². The minimum atomic E-state index is 0.205. The molecule has 2 heteroatoms. The minimum Gasteiger partial charge on any atom is -0.272 e. The van der Waals surface area contributed by atoms with Crippen molar-refractivity contribution in [1.29, 1.82) is 0 Å².